The van der Waals surface area contributed by atoms with Gasteiger partial charge in [-0.15, -0.1) is 11.3 Å². The Labute approximate surface area is 85.1 Å². The van der Waals surface area contributed by atoms with Crippen LogP contribution in [-0.2, 0) is 4.79 Å². The third kappa shape index (κ3) is 1.83. The molecule has 2 aromatic rings. The highest BCUT2D eigenvalue weighted by Crippen LogP contribution is 2.25. The Morgan fingerprint density at radius 1 is 1.36 bits per heavy atom. The molecule has 14 heavy (non-hydrogen) atoms. The van der Waals surface area contributed by atoms with Crippen molar-refractivity contribution in [3.8, 4) is 0 Å². The Bertz CT molecular complexity index is 464. The fourth-order valence-corrected chi connectivity index (χ4v) is 2.21. The molecule has 0 spiro atoms. The van der Waals surface area contributed by atoms with Crippen molar-refractivity contribution < 1.29 is 9.90 Å². The minimum atomic E-state index is -0.914. The SMILES string of the molecule is O=C(O)/C=C/c1cc2ccccc2s1. The van der Waals surface area contributed by atoms with E-state index >= 15 is 0 Å². The van der Waals surface area contributed by atoms with Crippen molar-refractivity contribution in [3.05, 3.63) is 41.3 Å². The van der Waals surface area contributed by atoms with E-state index in [9.17, 15) is 4.79 Å². The zero-order valence-corrected chi connectivity index (χ0v) is 8.12. The third-order valence-corrected chi connectivity index (χ3v) is 2.92. The second-order valence-corrected chi connectivity index (χ2v) is 3.97. The quantitative estimate of drug-likeness (QED) is 0.763. The first-order valence-corrected chi connectivity index (χ1v) is 4.97. The predicted octanol–water partition coefficient (Wildman–Crippen LogP) is 3.00. The Hall–Kier alpha value is -1.61. The smallest absolute Gasteiger partial charge is 0.328 e. The maximum absolute atomic E-state index is 10.3. The van der Waals surface area contributed by atoms with Crippen molar-refractivity contribution in [2.45, 2.75) is 0 Å². The first-order chi connectivity index (χ1) is 6.75. The van der Waals surface area contributed by atoms with Gasteiger partial charge in [0.2, 0.25) is 0 Å². The van der Waals surface area contributed by atoms with E-state index in [0.29, 0.717) is 0 Å². The van der Waals surface area contributed by atoms with E-state index in [1.165, 1.54) is 4.70 Å². The first kappa shape index (κ1) is 8.97. The van der Waals surface area contributed by atoms with Crippen LogP contribution in [0.1, 0.15) is 4.88 Å². The van der Waals surface area contributed by atoms with E-state index in [4.69, 9.17) is 5.11 Å². The van der Waals surface area contributed by atoms with Crippen LogP contribution in [0.3, 0.4) is 0 Å². The number of thiophene rings is 1. The third-order valence-electron chi connectivity index (χ3n) is 1.83. The lowest BCUT2D eigenvalue weighted by Gasteiger charge is -1.82. The molecule has 1 heterocycles. The van der Waals surface area contributed by atoms with Crippen LogP contribution in [0, 0.1) is 0 Å². The highest BCUT2D eigenvalue weighted by molar-refractivity contribution is 7.19. The van der Waals surface area contributed by atoms with E-state index in [-0.39, 0.29) is 0 Å². The summed E-state index contributed by atoms with van der Waals surface area (Å²) in [6, 6.07) is 9.98. The number of carbonyl (C=O) groups is 1. The van der Waals surface area contributed by atoms with E-state index in [1.807, 2.05) is 30.3 Å². The van der Waals surface area contributed by atoms with Crippen molar-refractivity contribution in [1.82, 2.24) is 0 Å². The average Bonchev–Trinajstić information content (AvgIpc) is 2.57. The maximum atomic E-state index is 10.3. The summed E-state index contributed by atoms with van der Waals surface area (Å²) < 4.78 is 1.18. The minimum absolute atomic E-state index is 0.914. The number of carboxylic acids is 1. The number of rotatable bonds is 2. The maximum Gasteiger partial charge on any atom is 0.328 e. The Morgan fingerprint density at radius 3 is 2.86 bits per heavy atom. The van der Waals surface area contributed by atoms with Gasteiger partial charge in [-0.3, -0.25) is 0 Å². The van der Waals surface area contributed by atoms with Gasteiger partial charge in [-0.1, -0.05) is 18.2 Å². The number of hydrogen-bond acceptors (Lipinski definition) is 2. The van der Waals surface area contributed by atoms with Gasteiger partial charge in [-0.25, -0.2) is 4.79 Å². The van der Waals surface area contributed by atoms with Gasteiger partial charge in [0, 0.05) is 15.7 Å². The van der Waals surface area contributed by atoms with Crippen LogP contribution in [0.4, 0.5) is 0 Å². The average molecular weight is 204 g/mol. The fraction of sp³-hybridized carbons (Fsp3) is 0. The molecule has 0 saturated carbocycles. The van der Waals surface area contributed by atoms with Gasteiger partial charge in [0.1, 0.15) is 0 Å². The van der Waals surface area contributed by atoms with Gasteiger partial charge in [0.05, 0.1) is 0 Å². The number of aliphatic carboxylic acids is 1. The molecular formula is C11H8O2S. The monoisotopic (exact) mass is 204 g/mol. The molecule has 2 nitrogen and oxygen atoms in total. The van der Waals surface area contributed by atoms with E-state index in [2.05, 4.69) is 0 Å². The number of fused-ring (bicyclic) bond motifs is 1. The zero-order valence-electron chi connectivity index (χ0n) is 7.31. The van der Waals surface area contributed by atoms with Crippen LogP contribution >= 0.6 is 11.3 Å². The zero-order chi connectivity index (χ0) is 9.97. The summed E-state index contributed by atoms with van der Waals surface area (Å²) >= 11 is 1.59. The van der Waals surface area contributed by atoms with Gasteiger partial charge in [0.15, 0.2) is 0 Å². The number of carboxylic acid groups (broad SMARTS) is 1. The van der Waals surface area contributed by atoms with Crippen molar-refractivity contribution >= 4 is 33.5 Å². The van der Waals surface area contributed by atoms with Crippen LogP contribution in [0.2, 0.25) is 0 Å². The molecule has 0 atom stereocenters. The second kappa shape index (κ2) is 3.64. The summed E-state index contributed by atoms with van der Waals surface area (Å²) in [6.45, 7) is 0. The largest absolute Gasteiger partial charge is 0.478 e. The molecule has 3 heteroatoms. The standard InChI is InChI=1S/C11H8O2S/c12-11(13)6-5-9-7-8-3-1-2-4-10(8)14-9/h1-7H,(H,12,13)/b6-5+. The molecule has 0 unspecified atom stereocenters. The van der Waals surface area contributed by atoms with Crippen LogP contribution < -0.4 is 0 Å². The van der Waals surface area contributed by atoms with Gasteiger partial charge < -0.3 is 5.11 Å². The van der Waals surface area contributed by atoms with Crippen LogP contribution in [0.5, 0.6) is 0 Å². The normalized spacial score (nSPS) is 11.1. The molecule has 70 valence electrons. The second-order valence-electron chi connectivity index (χ2n) is 2.86. The lowest BCUT2D eigenvalue weighted by Crippen LogP contribution is -1.84. The molecule has 0 aliphatic carbocycles. The van der Waals surface area contributed by atoms with Gasteiger partial charge in [-0.2, -0.15) is 0 Å². The highest BCUT2D eigenvalue weighted by atomic mass is 32.1. The Morgan fingerprint density at radius 2 is 2.14 bits per heavy atom. The highest BCUT2D eigenvalue weighted by Gasteiger charge is 1.97. The summed E-state index contributed by atoms with van der Waals surface area (Å²) in [7, 11) is 0. The van der Waals surface area contributed by atoms with E-state index in [0.717, 1.165) is 16.3 Å². The molecule has 0 aliphatic rings. The van der Waals surface area contributed by atoms with Gasteiger partial charge in [-0.05, 0) is 23.6 Å². The van der Waals surface area contributed by atoms with Crippen LogP contribution in [-0.4, -0.2) is 11.1 Å². The van der Waals surface area contributed by atoms with Crippen molar-refractivity contribution in [1.29, 1.82) is 0 Å². The van der Waals surface area contributed by atoms with Crippen molar-refractivity contribution in [2.75, 3.05) is 0 Å². The molecule has 0 fully saturated rings. The Kier molecular flexibility index (Phi) is 2.33. The molecule has 0 amide bonds. The number of hydrogen-bond donors (Lipinski definition) is 1. The molecule has 1 aromatic heterocycles. The molecule has 0 saturated heterocycles. The van der Waals surface area contributed by atoms with Crippen LogP contribution in [0.25, 0.3) is 16.2 Å². The van der Waals surface area contributed by atoms with Gasteiger partial charge in [0.25, 0.3) is 0 Å². The molecule has 1 N–H and O–H groups in total. The van der Waals surface area contributed by atoms with E-state index in [1.54, 1.807) is 17.4 Å². The molecule has 1 aromatic carbocycles. The minimum Gasteiger partial charge on any atom is -0.478 e. The molecule has 2 rings (SSSR count). The van der Waals surface area contributed by atoms with Crippen molar-refractivity contribution in [2.24, 2.45) is 0 Å². The molecule has 0 radical (unpaired) electrons. The first-order valence-electron chi connectivity index (χ1n) is 4.15. The topological polar surface area (TPSA) is 37.3 Å². The summed E-state index contributed by atoms with van der Waals surface area (Å²) in [6.07, 6.45) is 2.78. The molecule has 0 aliphatic heterocycles. The lowest BCUT2D eigenvalue weighted by molar-refractivity contribution is -0.131. The summed E-state index contributed by atoms with van der Waals surface area (Å²) in [5.41, 5.74) is 0. The molecule has 0 bridgehead atoms. The summed E-state index contributed by atoms with van der Waals surface area (Å²) in [5.74, 6) is -0.914. The van der Waals surface area contributed by atoms with Gasteiger partial charge >= 0.3 is 5.97 Å². The summed E-state index contributed by atoms with van der Waals surface area (Å²) in [4.78, 5) is 11.3. The lowest BCUT2D eigenvalue weighted by atomic mass is 10.2. The number of benzene rings is 1. The summed E-state index contributed by atoms with van der Waals surface area (Å²) in [5, 5.41) is 9.62. The van der Waals surface area contributed by atoms with Crippen LogP contribution in [0.15, 0.2) is 36.4 Å². The Balaban J connectivity index is 2.40. The van der Waals surface area contributed by atoms with Crippen molar-refractivity contribution in [3.63, 3.8) is 0 Å². The molecular weight excluding hydrogens is 196 g/mol. The predicted molar refractivity (Wildman–Crippen MR) is 58.5 cm³/mol. The van der Waals surface area contributed by atoms with E-state index < -0.39 is 5.97 Å². The fourth-order valence-electron chi connectivity index (χ4n) is 1.24.